The lowest BCUT2D eigenvalue weighted by molar-refractivity contribution is -0.140. The molecule has 14 heteroatoms. The van der Waals surface area contributed by atoms with Gasteiger partial charge in [0.25, 0.3) is 5.91 Å². The Balaban J connectivity index is 0.000000583. The number of carbonyl (C=O) groups is 4. The van der Waals surface area contributed by atoms with Gasteiger partial charge in [0.2, 0.25) is 5.91 Å². The summed E-state index contributed by atoms with van der Waals surface area (Å²) in [4.78, 5) is 54.2. The molecule has 3 heterocycles. The first-order chi connectivity index (χ1) is 20.9. The summed E-state index contributed by atoms with van der Waals surface area (Å²) < 4.78 is 35.0. The molecule has 0 aliphatic carbocycles. The van der Waals surface area contributed by atoms with Crippen molar-refractivity contribution in [3.05, 3.63) is 41.7 Å². The van der Waals surface area contributed by atoms with Gasteiger partial charge in [-0.1, -0.05) is 13.8 Å². The number of aliphatic carboxylic acids is 2. The van der Waals surface area contributed by atoms with Gasteiger partial charge >= 0.3 is 11.9 Å². The molecule has 242 valence electrons. The van der Waals surface area contributed by atoms with E-state index in [9.17, 15) is 28.0 Å². The number of unbranched alkanes of at least 4 members (excludes halogenated alkanes) is 1. The van der Waals surface area contributed by atoms with Gasteiger partial charge < -0.3 is 34.6 Å². The summed E-state index contributed by atoms with van der Waals surface area (Å²) in [6, 6.07) is 1.98. The monoisotopic (exact) mass is 621 g/mol. The standard InChI is InChI=1S/C26H37F2N5O3.C4H4O4/c1-17(2)16-33(19-11-18(14-29-15-19)25(34)31-7-6-8-31)26(35)24-30-22-12-20(27)21(28)13-23(22)32(24)9-4-5-10-36-3;5-3(6)1-2-4(7)8/h12-13,17-19,29H,4-11,14-16H2,1-3H3;1-2H,(H,5,6)(H,7,8)/t18-,19+;/m1./s1. The van der Waals surface area contributed by atoms with Crippen molar-refractivity contribution in [1.82, 2.24) is 24.7 Å². The number of piperidine rings is 1. The van der Waals surface area contributed by atoms with E-state index in [1.165, 1.54) is 0 Å². The Morgan fingerprint density at radius 1 is 1.09 bits per heavy atom. The number of hydrogen-bond donors (Lipinski definition) is 3. The van der Waals surface area contributed by atoms with Crippen LogP contribution in [0.5, 0.6) is 0 Å². The minimum Gasteiger partial charge on any atom is -0.478 e. The van der Waals surface area contributed by atoms with Gasteiger partial charge in [-0.25, -0.2) is 23.4 Å². The molecule has 2 aromatic rings. The van der Waals surface area contributed by atoms with E-state index < -0.39 is 23.6 Å². The maximum absolute atomic E-state index is 14.1. The predicted octanol–water partition coefficient (Wildman–Crippen LogP) is 2.76. The third-order valence-electron chi connectivity index (χ3n) is 7.44. The van der Waals surface area contributed by atoms with Gasteiger partial charge in [0, 0.05) is 83.3 Å². The van der Waals surface area contributed by atoms with Gasteiger partial charge in [0.15, 0.2) is 17.5 Å². The Labute approximate surface area is 254 Å². The van der Waals surface area contributed by atoms with Crippen molar-refractivity contribution >= 4 is 34.8 Å². The van der Waals surface area contributed by atoms with E-state index in [-0.39, 0.29) is 41.0 Å². The zero-order valence-corrected chi connectivity index (χ0v) is 25.3. The highest BCUT2D eigenvalue weighted by Gasteiger charge is 2.37. The third kappa shape index (κ3) is 9.29. The number of methoxy groups -OCH3 is 1. The van der Waals surface area contributed by atoms with Crippen LogP contribution in [0.15, 0.2) is 24.3 Å². The largest absolute Gasteiger partial charge is 0.478 e. The number of halogens is 2. The Bertz CT molecular complexity index is 1340. The number of likely N-dealkylation sites (tertiary alicyclic amines) is 1. The highest BCUT2D eigenvalue weighted by molar-refractivity contribution is 5.95. The van der Waals surface area contributed by atoms with Crippen molar-refractivity contribution in [1.29, 1.82) is 0 Å². The van der Waals surface area contributed by atoms with E-state index in [0.29, 0.717) is 63.3 Å². The molecular weight excluding hydrogens is 580 g/mol. The number of ether oxygens (including phenoxy) is 1. The van der Waals surface area contributed by atoms with Crippen LogP contribution in [0.2, 0.25) is 0 Å². The van der Waals surface area contributed by atoms with Crippen LogP contribution >= 0.6 is 0 Å². The second-order valence-electron chi connectivity index (χ2n) is 11.3. The van der Waals surface area contributed by atoms with Crippen LogP contribution in [-0.2, 0) is 25.7 Å². The lowest BCUT2D eigenvalue weighted by atomic mass is 9.92. The van der Waals surface area contributed by atoms with E-state index in [2.05, 4.69) is 10.3 Å². The fourth-order valence-electron chi connectivity index (χ4n) is 5.23. The summed E-state index contributed by atoms with van der Waals surface area (Å²) >= 11 is 0. The Morgan fingerprint density at radius 2 is 1.75 bits per heavy atom. The number of hydrogen-bond acceptors (Lipinski definition) is 7. The second-order valence-corrected chi connectivity index (χ2v) is 11.3. The quantitative estimate of drug-likeness (QED) is 0.240. The number of nitrogens with zero attached hydrogens (tertiary/aromatic N) is 4. The molecule has 2 aliphatic heterocycles. The molecule has 2 aliphatic rings. The third-order valence-corrected chi connectivity index (χ3v) is 7.44. The van der Waals surface area contributed by atoms with E-state index in [4.69, 9.17) is 14.9 Å². The number of nitrogens with one attached hydrogen (secondary N) is 1. The van der Waals surface area contributed by atoms with E-state index >= 15 is 0 Å². The summed E-state index contributed by atoms with van der Waals surface area (Å²) in [5, 5.41) is 19.0. The highest BCUT2D eigenvalue weighted by Crippen LogP contribution is 2.26. The van der Waals surface area contributed by atoms with Crippen LogP contribution in [0.4, 0.5) is 8.78 Å². The number of aromatic nitrogens is 2. The first-order valence-corrected chi connectivity index (χ1v) is 14.7. The van der Waals surface area contributed by atoms with Gasteiger partial charge in [0.1, 0.15) is 0 Å². The number of benzene rings is 1. The molecule has 0 bridgehead atoms. The van der Waals surface area contributed by atoms with Crippen LogP contribution < -0.4 is 5.32 Å². The molecule has 44 heavy (non-hydrogen) atoms. The maximum atomic E-state index is 14.1. The van der Waals surface area contributed by atoms with E-state index in [0.717, 1.165) is 38.1 Å². The van der Waals surface area contributed by atoms with Crippen LogP contribution in [0.3, 0.4) is 0 Å². The molecule has 2 saturated heterocycles. The molecule has 4 rings (SSSR count). The Kier molecular flexibility index (Phi) is 12.8. The van der Waals surface area contributed by atoms with Crippen molar-refractivity contribution in [2.45, 2.75) is 52.1 Å². The topological polar surface area (TPSA) is 154 Å². The molecule has 3 N–H and O–H groups in total. The van der Waals surface area contributed by atoms with Gasteiger partial charge in [-0.05, 0) is 31.6 Å². The van der Waals surface area contributed by atoms with Gasteiger partial charge in [-0.15, -0.1) is 0 Å². The molecular formula is C30H41F2N5O7. The lowest BCUT2D eigenvalue weighted by Gasteiger charge is -2.41. The maximum Gasteiger partial charge on any atom is 0.328 e. The number of amides is 2. The average Bonchev–Trinajstić information content (AvgIpc) is 3.29. The first kappa shape index (κ1) is 34.6. The van der Waals surface area contributed by atoms with Crippen molar-refractivity contribution in [3.8, 4) is 0 Å². The first-order valence-electron chi connectivity index (χ1n) is 14.7. The summed E-state index contributed by atoms with van der Waals surface area (Å²) in [6.45, 7) is 8.36. The lowest BCUT2D eigenvalue weighted by Crippen LogP contribution is -2.56. The minimum absolute atomic E-state index is 0.145. The van der Waals surface area contributed by atoms with Crippen LogP contribution in [0, 0.1) is 23.5 Å². The number of carbonyl (C=O) groups excluding carboxylic acids is 2. The van der Waals surface area contributed by atoms with Crippen LogP contribution in [0.1, 0.15) is 50.1 Å². The molecule has 0 spiro atoms. The van der Waals surface area contributed by atoms with E-state index in [1.54, 1.807) is 16.6 Å². The fourth-order valence-corrected chi connectivity index (χ4v) is 5.23. The molecule has 1 aromatic carbocycles. The minimum atomic E-state index is -1.26. The van der Waals surface area contributed by atoms with Gasteiger partial charge in [-0.3, -0.25) is 9.59 Å². The zero-order valence-electron chi connectivity index (χ0n) is 25.3. The van der Waals surface area contributed by atoms with Gasteiger partial charge in [-0.2, -0.15) is 0 Å². The summed E-state index contributed by atoms with van der Waals surface area (Å²) in [5.41, 5.74) is 0.646. The number of carboxylic acids is 2. The summed E-state index contributed by atoms with van der Waals surface area (Å²) in [7, 11) is 1.63. The summed E-state index contributed by atoms with van der Waals surface area (Å²) in [5.74, 6) is -4.43. The van der Waals surface area contributed by atoms with Crippen LogP contribution in [-0.4, -0.2) is 106 Å². The number of imidazole rings is 1. The molecule has 12 nitrogen and oxygen atoms in total. The second kappa shape index (κ2) is 16.2. The summed E-state index contributed by atoms with van der Waals surface area (Å²) in [6.07, 6.45) is 4.19. The molecule has 0 saturated carbocycles. The SMILES string of the molecule is COCCCCn1c(C(=O)N(CC(C)C)[C@@H]2CNC[C@H](C(=O)N3CCC3)C2)nc2cc(F)c(F)cc21.O=C(O)C=CC(=O)O. The van der Waals surface area contributed by atoms with E-state index in [1.807, 2.05) is 18.7 Å². The smallest absolute Gasteiger partial charge is 0.328 e. The number of carboxylic acid groups (broad SMARTS) is 2. The predicted molar refractivity (Wildman–Crippen MR) is 157 cm³/mol. The zero-order chi connectivity index (χ0) is 32.4. The highest BCUT2D eigenvalue weighted by atomic mass is 19.2. The molecule has 0 radical (unpaired) electrons. The number of aryl methyl sites for hydroxylation is 1. The molecule has 2 fully saturated rings. The van der Waals surface area contributed by atoms with Crippen molar-refractivity contribution in [2.24, 2.45) is 11.8 Å². The Hall–Kier alpha value is -3.91. The molecule has 2 atom stereocenters. The fraction of sp³-hybridized carbons (Fsp3) is 0.567. The Morgan fingerprint density at radius 3 is 2.32 bits per heavy atom. The average molecular weight is 622 g/mol. The molecule has 0 unspecified atom stereocenters. The van der Waals surface area contributed by atoms with Crippen molar-refractivity contribution in [3.63, 3.8) is 0 Å². The van der Waals surface area contributed by atoms with Crippen LogP contribution in [0.25, 0.3) is 11.0 Å². The number of rotatable bonds is 12. The van der Waals surface area contributed by atoms with Gasteiger partial charge in [0.05, 0.1) is 17.0 Å². The molecule has 1 aromatic heterocycles. The number of fused-ring (bicyclic) bond motifs is 1. The van der Waals surface area contributed by atoms with Crippen molar-refractivity contribution in [2.75, 3.05) is 46.4 Å². The normalized spacial score (nSPS) is 18.2. The molecule has 2 amide bonds. The van der Waals surface area contributed by atoms with Crippen molar-refractivity contribution < 1.29 is 42.9 Å².